The van der Waals surface area contributed by atoms with Crippen LogP contribution in [0.3, 0.4) is 0 Å². The van der Waals surface area contributed by atoms with Gasteiger partial charge in [-0.15, -0.1) is 0 Å². The third kappa shape index (κ3) is 6.35. The van der Waals surface area contributed by atoms with Gasteiger partial charge in [0.05, 0.1) is 0 Å². The molecule has 2 aliphatic rings. The maximum Gasteiger partial charge on any atom is 0.255 e. The molecule has 37 heavy (non-hydrogen) atoms. The molecule has 2 heterocycles. The van der Waals surface area contributed by atoms with Crippen molar-refractivity contribution in [2.75, 3.05) is 25.1 Å². The fourth-order valence-electron chi connectivity index (χ4n) is 5.50. The molecule has 0 spiro atoms. The molecule has 1 N–H and O–H groups in total. The Morgan fingerprint density at radius 1 is 0.892 bits per heavy atom. The van der Waals surface area contributed by atoms with Crippen molar-refractivity contribution in [3.63, 3.8) is 0 Å². The van der Waals surface area contributed by atoms with Crippen molar-refractivity contribution in [1.29, 1.82) is 0 Å². The number of nitrogens with one attached hydrogen (secondary N) is 1. The highest BCUT2D eigenvalue weighted by molar-refractivity contribution is 6.04. The molecule has 3 aromatic carbocycles. The van der Waals surface area contributed by atoms with E-state index in [1.165, 1.54) is 16.7 Å². The van der Waals surface area contributed by atoms with Crippen molar-refractivity contribution in [2.24, 2.45) is 11.8 Å². The topological polar surface area (TPSA) is 58.6 Å². The van der Waals surface area contributed by atoms with E-state index in [0.29, 0.717) is 22.7 Å². The first-order chi connectivity index (χ1) is 18.1. The molecule has 5 heteroatoms. The Morgan fingerprint density at radius 3 is 2.41 bits per heavy atom. The minimum Gasteiger partial charge on any atom is -0.381 e. The number of carbonyl (C=O) groups excluding carboxylic acids is 2. The fourth-order valence-corrected chi connectivity index (χ4v) is 5.50. The van der Waals surface area contributed by atoms with E-state index in [1.807, 2.05) is 48.5 Å². The van der Waals surface area contributed by atoms with Crippen LogP contribution in [0.2, 0.25) is 0 Å². The van der Waals surface area contributed by atoms with E-state index in [4.69, 9.17) is 4.74 Å². The SMILES string of the molecule is CC1CCOCCCC1C(=O)c1ccc(NC(=O)c2ccc(CN3CCc4ccccc4C3)cc2)cc1. The van der Waals surface area contributed by atoms with Gasteiger partial charge in [-0.25, -0.2) is 0 Å². The predicted molar refractivity (Wildman–Crippen MR) is 147 cm³/mol. The van der Waals surface area contributed by atoms with Gasteiger partial charge in [0.2, 0.25) is 0 Å². The number of benzene rings is 3. The van der Waals surface area contributed by atoms with Gasteiger partial charge >= 0.3 is 0 Å². The van der Waals surface area contributed by atoms with Gasteiger partial charge in [0.25, 0.3) is 5.91 Å². The molecule has 1 saturated heterocycles. The Morgan fingerprint density at radius 2 is 1.62 bits per heavy atom. The maximum absolute atomic E-state index is 13.1. The zero-order valence-corrected chi connectivity index (χ0v) is 21.6. The summed E-state index contributed by atoms with van der Waals surface area (Å²) in [5.41, 5.74) is 6.09. The second kappa shape index (κ2) is 11.8. The number of fused-ring (bicyclic) bond motifs is 1. The van der Waals surface area contributed by atoms with E-state index in [-0.39, 0.29) is 17.6 Å². The van der Waals surface area contributed by atoms with E-state index >= 15 is 0 Å². The van der Waals surface area contributed by atoms with Crippen molar-refractivity contribution in [3.8, 4) is 0 Å². The van der Waals surface area contributed by atoms with Crippen LogP contribution in [0.5, 0.6) is 0 Å². The number of amides is 1. The number of nitrogens with zero attached hydrogens (tertiary/aromatic N) is 1. The minimum atomic E-state index is -0.147. The van der Waals surface area contributed by atoms with E-state index in [9.17, 15) is 9.59 Å². The summed E-state index contributed by atoms with van der Waals surface area (Å²) in [6, 6.07) is 23.8. The molecule has 192 valence electrons. The van der Waals surface area contributed by atoms with E-state index in [1.54, 1.807) is 0 Å². The summed E-state index contributed by atoms with van der Waals surface area (Å²) >= 11 is 0. The van der Waals surface area contributed by atoms with Gasteiger partial charge in [-0.2, -0.15) is 0 Å². The molecule has 1 amide bonds. The van der Waals surface area contributed by atoms with Crippen molar-refractivity contribution < 1.29 is 14.3 Å². The molecule has 0 radical (unpaired) electrons. The maximum atomic E-state index is 13.1. The Kier molecular flexibility index (Phi) is 8.12. The van der Waals surface area contributed by atoms with Gasteiger partial charge in [-0.3, -0.25) is 14.5 Å². The summed E-state index contributed by atoms with van der Waals surface area (Å²) in [6.07, 6.45) is 3.77. The molecule has 2 aliphatic heterocycles. The molecule has 1 fully saturated rings. The largest absolute Gasteiger partial charge is 0.381 e. The predicted octanol–water partition coefficient (Wildman–Crippen LogP) is 6.13. The summed E-state index contributed by atoms with van der Waals surface area (Å²) in [7, 11) is 0. The van der Waals surface area contributed by atoms with E-state index in [2.05, 4.69) is 41.4 Å². The summed E-state index contributed by atoms with van der Waals surface area (Å²) in [4.78, 5) is 28.4. The number of ketones is 1. The zero-order chi connectivity index (χ0) is 25.6. The molecule has 3 aromatic rings. The standard InChI is InChI=1S/C32H36N2O3/c1-23-17-20-37-19-4-7-30(23)31(35)26-12-14-29(15-13-26)33-32(36)27-10-8-24(9-11-27)21-34-18-16-25-5-2-3-6-28(25)22-34/h2-3,5-6,8-15,23,30H,4,7,16-22H2,1H3,(H,33,36). The average molecular weight is 497 g/mol. The van der Waals surface area contributed by atoms with E-state index in [0.717, 1.165) is 58.5 Å². The lowest BCUT2D eigenvalue weighted by Crippen LogP contribution is -2.29. The van der Waals surface area contributed by atoms with Crippen LogP contribution in [-0.2, 0) is 24.2 Å². The van der Waals surface area contributed by atoms with Crippen molar-refractivity contribution in [2.45, 2.75) is 45.7 Å². The summed E-state index contributed by atoms with van der Waals surface area (Å²) in [5, 5.41) is 2.97. The third-order valence-corrected chi connectivity index (χ3v) is 7.80. The molecule has 0 bridgehead atoms. The van der Waals surface area contributed by atoms with Crippen LogP contribution in [-0.4, -0.2) is 36.3 Å². The molecule has 0 aliphatic carbocycles. The quantitative estimate of drug-likeness (QED) is 0.417. The lowest BCUT2D eigenvalue weighted by atomic mass is 9.81. The third-order valence-electron chi connectivity index (χ3n) is 7.80. The van der Waals surface area contributed by atoms with Gasteiger partial charge in [0, 0.05) is 55.6 Å². The first kappa shape index (κ1) is 25.4. The first-order valence-corrected chi connectivity index (χ1v) is 13.5. The number of anilines is 1. The van der Waals surface area contributed by atoms with Crippen LogP contribution in [0.15, 0.2) is 72.8 Å². The Bertz CT molecular complexity index is 1220. The Hall–Kier alpha value is -3.28. The molecule has 5 rings (SSSR count). The van der Waals surface area contributed by atoms with Crippen LogP contribution >= 0.6 is 0 Å². The van der Waals surface area contributed by atoms with Gasteiger partial charge in [0.1, 0.15) is 0 Å². The molecule has 5 nitrogen and oxygen atoms in total. The van der Waals surface area contributed by atoms with Gasteiger partial charge in [-0.1, -0.05) is 43.3 Å². The highest BCUT2D eigenvalue weighted by atomic mass is 16.5. The fraction of sp³-hybridized carbons (Fsp3) is 0.375. The Balaban J connectivity index is 1.16. The number of carbonyl (C=O) groups is 2. The van der Waals surface area contributed by atoms with Crippen molar-refractivity contribution in [3.05, 3.63) is 101 Å². The smallest absolute Gasteiger partial charge is 0.255 e. The second-order valence-electron chi connectivity index (χ2n) is 10.4. The molecular weight excluding hydrogens is 460 g/mol. The zero-order valence-electron chi connectivity index (χ0n) is 21.6. The Labute approximate surface area is 219 Å². The van der Waals surface area contributed by atoms with Crippen LogP contribution in [0.4, 0.5) is 5.69 Å². The highest BCUT2D eigenvalue weighted by Gasteiger charge is 2.27. The van der Waals surface area contributed by atoms with Crippen LogP contribution in [0, 0.1) is 11.8 Å². The summed E-state index contributed by atoms with van der Waals surface area (Å²) in [5.74, 6) is 0.384. The summed E-state index contributed by atoms with van der Waals surface area (Å²) in [6.45, 7) is 6.48. The lowest BCUT2D eigenvalue weighted by molar-refractivity contribution is 0.0671. The van der Waals surface area contributed by atoms with Gasteiger partial charge < -0.3 is 10.1 Å². The number of ether oxygens (including phenoxy) is 1. The van der Waals surface area contributed by atoms with Crippen LogP contribution in [0.25, 0.3) is 0 Å². The van der Waals surface area contributed by atoms with Crippen molar-refractivity contribution >= 4 is 17.4 Å². The number of hydrogen-bond donors (Lipinski definition) is 1. The number of Topliss-reactive ketones (excluding diaryl/α,β-unsaturated/α-hetero) is 1. The van der Waals surface area contributed by atoms with Gasteiger partial charge in [-0.05, 0) is 84.7 Å². The first-order valence-electron chi connectivity index (χ1n) is 13.5. The highest BCUT2D eigenvalue weighted by Crippen LogP contribution is 2.27. The van der Waals surface area contributed by atoms with Crippen molar-refractivity contribution in [1.82, 2.24) is 4.90 Å². The molecule has 2 atom stereocenters. The van der Waals surface area contributed by atoms with Gasteiger partial charge in [0.15, 0.2) is 5.78 Å². The molecule has 2 unspecified atom stereocenters. The monoisotopic (exact) mass is 496 g/mol. The summed E-state index contributed by atoms with van der Waals surface area (Å²) < 4.78 is 5.57. The number of rotatable bonds is 6. The van der Waals surface area contributed by atoms with Crippen LogP contribution in [0.1, 0.15) is 63.6 Å². The molecule has 0 aromatic heterocycles. The minimum absolute atomic E-state index is 0.0301. The van der Waals surface area contributed by atoms with E-state index < -0.39 is 0 Å². The molecule has 0 saturated carbocycles. The number of hydrogen-bond acceptors (Lipinski definition) is 4. The molecular formula is C32H36N2O3. The normalized spacial score (nSPS) is 20.4. The van der Waals surface area contributed by atoms with Crippen LogP contribution < -0.4 is 5.32 Å². The second-order valence-corrected chi connectivity index (χ2v) is 10.4. The lowest BCUT2D eigenvalue weighted by Gasteiger charge is -2.28. The average Bonchev–Trinajstić information content (AvgIpc) is 2.91.